The number of carbonyl (C=O) groups is 2. The quantitative estimate of drug-likeness (QED) is 0.699. The fourth-order valence-corrected chi connectivity index (χ4v) is 3.67. The Hall–Kier alpha value is -2.65. The lowest BCUT2D eigenvalue weighted by Gasteiger charge is -2.10. The van der Waals surface area contributed by atoms with Crippen molar-refractivity contribution in [2.24, 2.45) is 4.99 Å². The molecule has 0 bridgehead atoms. The van der Waals surface area contributed by atoms with Crippen LogP contribution in [-0.2, 0) is 4.79 Å². The van der Waals surface area contributed by atoms with Crippen LogP contribution in [0.25, 0.3) is 10.2 Å². The number of thiazole rings is 1. The van der Waals surface area contributed by atoms with Crippen LogP contribution in [0.2, 0.25) is 5.02 Å². The van der Waals surface area contributed by atoms with Crippen LogP contribution in [-0.4, -0.2) is 21.6 Å². The molecule has 1 heterocycles. The monoisotopic (exact) mass is 414 g/mol. The zero-order valence-electron chi connectivity index (χ0n) is 13.5. The van der Waals surface area contributed by atoms with Gasteiger partial charge in [-0.05, 0) is 31.2 Å². The number of hydrogen-bond acceptors (Lipinski definition) is 3. The number of carbonyl (C=O) groups excluding carboxylic acids is 1. The zero-order chi connectivity index (χ0) is 19.9. The van der Waals surface area contributed by atoms with Gasteiger partial charge < -0.3 is 9.67 Å². The average Bonchev–Trinajstić information content (AvgIpc) is 2.93. The predicted octanol–water partition coefficient (Wildman–Crippen LogP) is 4.16. The molecule has 0 radical (unpaired) electrons. The van der Waals surface area contributed by atoms with E-state index in [1.54, 1.807) is 0 Å². The van der Waals surface area contributed by atoms with Crippen molar-refractivity contribution < 1.29 is 27.9 Å². The van der Waals surface area contributed by atoms with E-state index in [1.807, 2.05) is 0 Å². The SMILES string of the molecule is CC(C(=O)O)n1c(=NC(=O)c2ccc(F)c(Cl)c2)sc2cc(F)c(F)cc21. The third-order valence-electron chi connectivity index (χ3n) is 3.78. The first-order chi connectivity index (χ1) is 12.7. The van der Waals surface area contributed by atoms with Crippen molar-refractivity contribution in [2.75, 3.05) is 0 Å². The van der Waals surface area contributed by atoms with Gasteiger partial charge in [-0.15, -0.1) is 0 Å². The van der Waals surface area contributed by atoms with E-state index in [0.29, 0.717) is 0 Å². The molecule has 1 N–H and O–H groups in total. The number of halogens is 4. The fourth-order valence-electron chi connectivity index (χ4n) is 2.38. The maximum atomic E-state index is 13.6. The molecule has 1 atom stereocenters. The highest BCUT2D eigenvalue weighted by Gasteiger charge is 2.21. The molecular weight excluding hydrogens is 405 g/mol. The molecular formula is C17H10ClF3N2O3S. The number of rotatable bonds is 3. The number of fused-ring (bicyclic) bond motifs is 1. The molecule has 2 aromatic carbocycles. The first kappa shape index (κ1) is 19.1. The van der Waals surface area contributed by atoms with Crippen LogP contribution in [0.3, 0.4) is 0 Å². The smallest absolute Gasteiger partial charge is 0.326 e. The van der Waals surface area contributed by atoms with E-state index in [0.717, 1.165) is 40.2 Å². The van der Waals surface area contributed by atoms with Crippen molar-refractivity contribution >= 4 is 45.0 Å². The first-order valence-corrected chi connectivity index (χ1v) is 8.65. The Bertz CT molecular complexity index is 1160. The number of benzene rings is 2. The van der Waals surface area contributed by atoms with Gasteiger partial charge >= 0.3 is 5.97 Å². The highest BCUT2D eigenvalue weighted by atomic mass is 35.5. The molecule has 3 aromatic rings. The molecule has 27 heavy (non-hydrogen) atoms. The minimum atomic E-state index is -1.25. The van der Waals surface area contributed by atoms with E-state index in [1.165, 1.54) is 13.0 Å². The minimum Gasteiger partial charge on any atom is -0.480 e. The zero-order valence-corrected chi connectivity index (χ0v) is 15.1. The van der Waals surface area contributed by atoms with E-state index >= 15 is 0 Å². The lowest BCUT2D eigenvalue weighted by molar-refractivity contribution is -0.140. The van der Waals surface area contributed by atoms with Gasteiger partial charge in [-0.3, -0.25) is 4.79 Å². The third kappa shape index (κ3) is 3.60. The second-order valence-corrected chi connectivity index (χ2v) is 6.97. The predicted molar refractivity (Wildman–Crippen MR) is 93.4 cm³/mol. The third-order valence-corrected chi connectivity index (χ3v) is 5.08. The van der Waals surface area contributed by atoms with Crippen molar-refractivity contribution in [1.29, 1.82) is 0 Å². The Morgan fingerprint density at radius 3 is 2.44 bits per heavy atom. The van der Waals surface area contributed by atoms with Crippen LogP contribution < -0.4 is 4.80 Å². The number of carboxylic acid groups (broad SMARTS) is 1. The summed E-state index contributed by atoms with van der Waals surface area (Å²) in [7, 11) is 0. The Morgan fingerprint density at radius 1 is 1.15 bits per heavy atom. The summed E-state index contributed by atoms with van der Waals surface area (Å²) in [5.41, 5.74) is 0.0585. The van der Waals surface area contributed by atoms with Crippen molar-refractivity contribution in [3.63, 3.8) is 0 Å². The van der Waals surface area contributed by atoms with Gasteiger partial charge in [0.15, 0.2) is 16.4 Å². The van der Waals surface area contributed by atoms with Gasteiger partial charge in [0.1, 0.15) is 11.9 Å². The highest BCUT2D eigenvalue weighted by molar-refractivity contribution is 7.16. The Balaban J connectivity index is 2.24. The highest BCUT2D eigenvalue weighted by Crippen LogP contribution is 2.24. The van der Waals surface area contributed by atoms with Crippen LogP contribution in [0.4, 0.5) is 13.2 Å². The Kier molecular flexibility index (Phi) is 5.07. The number of hydrogen-bond donors (Lipinski definition) is 1. The summed E-state index contributed by atoms with van der Waals surface area (Å²) in [6, 6.07) is 3.80. The average molecular weight is 415 g/mol. The number of carboxylic acids is 1. The van der Waals surface area contributed by atoms with Gasteiger partial charge in [-0.25, -0.2) is 18.0 Å². The van der Waals surface area contributed by atoms with Gasteiger partial charge in [0.25, 0.3) is 5.91 Å². The standard InChI is InChI=1S/C17H10ClF3N2O3S/c1-7(16(25)26)23-13-5-11(20)12(21)6-14(13)27-17(23)22-15(24)8-2-3-10(19)9(18)4-8/h2-7H,1H3,(H,25,26). The molecule has 10 heteroatoms. The molecule has 0 aliphatic heterocycles. The van der Waals surface area contributed by atoms with Crippen molar-refractivity contribution in [2.45, 2.75) is 13.0 Å². The minimum absolute atomic E-state index is 0.0225. The Morgan fingerprint density at radius 2 is 1.81 bits per heavy atom. The van der Waals surface area contributed by atoms with E-state index in [9.17, 15) is 27.9 Å². The van der Waals surface area contributed by atoms with Gasteiger partial charge in [-0.2, -0.15) is 4.99 Å². The van der Waals surface area contributed by atoms with Crippen molar-refractivity contribution in [3.05, 3.63) is 63.2 Å². The normalized spacial score (nSPS) is 13.1. The van der Waals surface area contributed by atoms with E-state index in [-0.39, 0.29) is 25.6 Å². The van der Waals surface area contributed by atoms with E-state index < -0.39 is 35.4 Å². The van der Waals surface area contributed by atoms with Crippen LogP contribution in [0.5, 0.6) is 0 Å². The molecule has 0 aliphatic rings. The van der Waals surface area contributed by atoms with Gasteiger partial charge in [0, 0.05) is 11.6 Å². The summed E-state index contributed by atoms with van der Waals surface area (Å²) in [4.78, 5) is 27.6. The maximum Gasteiger partial charge on any atom is 0.326 e. The van der Waals surface area contributed by atoms with Gasteiger partial charge in [-0.1, -0.05) is 22.9 Å². The first-order valence-electron chi connectivity index (χ1n) is 7.46. The molecule has 0 fully saturated rings. The fraction of sp³-hybridized carbons (Fsp3) is 0.118. The Labute approximate surface area is 159 Å². The molecule has 140 valence electrons. The van der Waals surface area contributed by atoms with Crippen LogP contribution in [0.1, 0.15) is 23.3 Å². The molecule has 3 rings (SSSR count). The lowest BCUT2D eigenvalue weighted by atomic mass is 10.2. The summed E-state index contributed by atoms with van der Waals surface area (Å²) < 4.78 is 41.7. The lowest BCUT2D eigenvalue weighted by Crippen LogP contribution is -2.25. The van der Waals surface area contributed by atoms with Crippen molar-refractivity contribution in [1.82, 2.24) is 4.57 Å². The summed E-state index contributed by atoms with van der Waals surface area (Å²) in [5.74, 6) is -5.04. The molecule has 0 saturated heterocycles. The molecule has 1 aromatic heterocycles. The summed E-state index contributed by atoms with van der Waals surface area (Å²) in [6.45, 7) is 1.31. The van der Waals surface area contributed by atoms with Crippen molar-refractivity contribution in [3.8, 4) is 0 Å². The summed E-state index contributed by atoms with van der Waals surface area (Å²) >= 11 is 6.47. The van der Waals surface area contributed by atoms with E-state index in [4.69, 9.17) is 11.6 Å². The summed E-state index contributed by atoms with van der Waals surface area (Å²) in [5, 5.41) is 9.04. The number of amides is 1. The number of nitrogens with zero attached hydrogens (tertiary/aromatic N) is 2. The largest absolute Gasteiger partial charge is 0.480 e. The molecule has 0 aliphatic carbocycles. The van der Waals surface area contributed by atoms with Gasteiger partial charge in [0.2, 0.25) is 0 Å². The molecule has 0 saturated carbocycles. The van der Waals surface area contributed by atoms with E-state index in [2.05, 4.69) is 4.99 Å². The van der Waals surface area contributed by atoms with Crippen LogP contribution >= 0.6 is 22.9 Å². The maximum absolute atomic E-state index is 13.6. The molecule has 5 nitrogen and oxygen atoms in total. The summed E-state index contributed by atoms with van der Waals surface area (Å²) in [6.07, 6.45) is 0. The molecule has 1 unspecified atom stereocenters. The van der Waals surface area contributed by atoms with Gasteiger partial charge in [0.05, 0.1) is 15.2 Å². The van der Waals surface area contributed by atoms with Crippen LogP contribution in [0, 0.1) is 17.5 Å². The second kappa shape index (κ2) is 7.16. The molecule has 1 amide bonds. The second-order valence-electron chi connectivity index (χ2n) is 5.55. The topological polar surface area (TPSA) is 71.7 Å². The number of aliphatic carboxylic acids is 1. The molecule has 0 spiro atoms. The number of aromatic nitrogens is 1. The van der Waals surface area contributed by atoms with Crippen LogP contribution in [0.15, 0.2) is 35.3 Å².